The second-order valence-electron chi connectivity index (χ2n) is 4.97. The summed E-state index contributed by atoms with van der Waals surface area (Å²) in [5.41, 5.74) is 5.95. The van der Waals surface area contributed by atoms with Crippen LogP contribution in [0.15, 0.2) is 41.4 Å². The number of rotatable bonds is 1. The lowest BCUT2D eigenvalue weighted by atomic mass is 10.0. The van der Waals surface area contributed by atoms with Gasteiger partial charge in [-0.25, -0.2) is 4.98 Å². The minimum absolute atomic E-state index is 0.0201. The summed E-state index contributed by atoms with van der Waals surface area (Å²) >= 11 is 0. The van der Waals surface area contributed by atoms with Crippen molar-refractivity contribution in [2.24, 2.45) is 10.7 Å². The first-order valence-electron chi connectivity index (χ1n) is 6.83. The van der Waals surface area contributed by atoms with Crippen molar-refractivity contribution in [3.05, 3.63) is 47.5 Å². The van der Waals surface area contributed by atoms with E-state index in [2.05, 4.69) is 20.6 Å². The van der Waals surface area contributed by atoms with E-state index in [-0.39, 0.29) is 11.3 Å². The first-order chi connectivity index (χ1) is 10.9. The van der Waals surface area contributed by atoms with Gasteiger partial charge in [0.15, 0.2) is 6.29 Å². The summed E-state index contributed by atoms with van der Waals surface area (Å²) in [6.45, 7) is 0. The number of aromatic nitrogens is 1. The summed E-state index contributed by atoms with van der Waals surface area (Å²) in [6, 6.07) is 8.54. The molecular formula is C15H14F3N5. The second kappa shape index (κ2) is 5.54. The van der Waals surface area contributed by atoms with E-state index >= 15 is 0 Å². The number of halogens is 3. The van der Waals surface area contributed by atoms with Gasteiger partial charge in [-0.2, -0.15) is 13.2 Å². The van der Waals surface area contributed by atoms with Gasteiger partial charge < -0.3 is 10.6 Å². The van der Waals surface area contributed by atoms with Gasteiger partial charge in [-0.05, 0) is 18.2 Å². The lowest BCUT2D eigenvalue weighted by Gasteiger charge is -2.26. The van der Waals surface area contributed by atoms with Gasteiger partial charge in [0.1, 0.15) is 11.7 Å². The number of nitrogens with one attached hydrogen (secondary N) is 2. The number of hydrogen-bond acceptors (Lipinski definition) is 4. The van der Waals surface area contributed by atoms with Crippen molar-refractivity contribution in [1.29, 1.82) is 0 Å². The largest absolute Gasteiger partial charge is 0.417 e. The Bertz CT molecular complexity index is 770. The van der Waals surface area contributed by atoms with Crippen LogP contribution in [0, 0.1) is 0 Å². The molecule has 1 aromatic carbocycles. The number of aliphatic imine (C=N–C) groups is 1. The van der Waals surface area contributed by atoms with Crippen LogP contribution >= 0.6 is 0 Å². The van der Waals surface area contributed by atoms with Crippen LogP contribution in [0.5, 0.6) is 0 Å². The van der Waals surface area contributed by atoms with Crippen molar-refractivity contribution >= 4 is 11.7 Å². The lowest BCUT2D eigenvalue weighted by Crippen LogP contribution is -2.51. The predicted octanol–water partition coefficient (Wildman–Crippen LogP) is 2.40. The summed E-state index contributed by atoms with van der Waals surface area (Å²) in [5, 5.41) is 5.80. The van der Waals surface area contributed by atoms with Crippen LogP contribution in [0.4, 0.5) is 19.0 Å². The molecule has 0 spiro atoms. The number of benzene rings is 1. The van der Waals surface area contributed by atoms with Crippen LogP contribution in [0.25, 0.3) is 11.3 Å². The predicted molar refractivity (Wildman–Crippen MR) is 81.9 cm³/mol. The SMILES string of the molecule is CN=C1NC(N)Nc2nc(-c3ccccc3C(F)(F)F)ccc21. The van der Waals surface area contributed by atoms with Gasteiger partial charge in [0.05, 0.1) is 16.8 Å². The zero-order valence-corrected chi connectivity index (χ0v) is 12.1. The minimum Gasteiger partial charge on any atom is -0.338 e. The zero-order chi connectivity index (χ0) is 16.6. The number of nitrogens with two attached hydrogens (primary N) is 1. The van der Waals surface area contributed by atoms with E-state index in [0.29, 0.717) is 17.2 Å². The van der Waals surface area contributed by atoms with E-state index in [4.69, 9.17) is 5.73 Å². The average Bonchev–Trinajstić information content (AvgIpc) is 2.52. The highest BCUT2D eigenvalue weighted by molar-refractivity contribution is 6.04. The lowest BCUT2D eigenvalue weighted by molar-refractivity contribution is -0.137. The van der Waals surface area contributed by atoms with Crippen molar-refractivity contribution in [2.45, 2.75) is 12.5 Å². The molecule has 1 atom stereocenters. The van der Waals surface area contributed by atoms with Gasteiger partial charge >= 0.3 is 6.18 Å². The molecule has 4 N–H and O–H groups in total. The second-order valence-corrected chi connectivity index (χ2v) is 4.97. The normalized spacial score (nSPS) is 19.0. The van der Waals surface area contributed by atoms with Gasteiger partial charge in [-0.1, -0.05) is 18.2 Å². The van der Waals surface area contributed by atoms with Gasteiger partial charge in [0.2, 0.25) is 0 Å². The molecule has 0 aliphatic carbocycles. The molecule has 23 heavy (non-hydrogen) atoms. The van der Waals surface area contributed by atoms with E-state index in [1.54, 1.807) is 19.2 Å². The van der Waals surface area contributed by atoms with E-state index < -0.39 is 18.0 Å². The van der Waals surface area contributed by atoms with Crippen molar-refractivity contribution in [3.8, 4) is 11.3 Å². The average molecular weight is 321 g/mol. The standard InChI is InChI=1S/C15H14F3N5/c1-20-12-9-6-7-11(21-13(9)23-14(19)22-12)8-4-2-3-5-10(8)15(16,17)18/h2-7,14H,19H2,1H3,(H,20,22)(H,21,23). The minimum atomic E-state index is -4.45. The zero-order valence-electron chi connectivity index (χ0n) is 12.1. The molecule has 3 rings (SSSR count). The van der Waals surface area contributed by atoms with Crippen LogP contribution in [-0.2, 0) is 6.18 Å². The molecule has 0 fully saturated rings. The Kier molecular flexibility index (Phi) is 3.69. The highest BCUT2D eigenvalue weighted by Gasteiger charge is 2.34. The number of hydrogen-bond donors (Lipinski definition) is 3. The van der Waals surface area contributed by atoms with Gasteiger partial charge in [-0.3, -0.25) is 10.7 Å². The Labute approximate surface area is 130 Å². The fraction of sp³-hybridized carbons (Fsp3) is 0.200. The highest BCUT2D eigenvalue weighted by Crippen LogP contribution is 2.37. The Morgan fingerprint density at radius 3 is 2.52 bits per heavy atom. The summed E-state index contributed by atoms with van der Waals surface area (Å²) in [6.07, 6.45) is -5.06. The monoisotopic (exact) mass is 321 g/mol. The molecule has 0 radical (unpaired) electrons. The topological polar surface area (TPSA) is 75.3 Å². The summed E-state index contributed by atoms with van der Waals surface area (Å²) in [4.78, 5) is 8.36. The van der Waals surface area contributed by atoms with Crippen molar-refractivity contribution in [2.75, 3.05) is 12.4 Å². The molecule has 8 heteroatoms. The number of amidine groups is 1. The maximum atomic E-state index is 13.2. The van der Waals surface area contributed by atoms with E-state index in [1.807, 2.05) is 0 Å². The molecule has 0 saturated heterocycles. The van der Waals surface area contributed by atoms with Gasteiger partial charge in [0.25, 0.3) is 0 Å². The first kappa shape index (κ1) is 15.3. The molecule has 1 aliphatic rings. The Hall–Kier alpha value is -2.61. The number of nitrogens with zero attached hydrogens (tertiary/aromatic N) is 2. The molecule has 5 nitrogen and oxygen atoms in total. The van der Waals surface area contributed by atoms with Crippen LogP contribution in [0.1, 0.15) is 11.1 Å². The number of fused-ring (bicyclic) bond motifs is 1. The molecule has 2 heterocycles. The summed E-state index contributed by atoms with van der Waals surface area (Å²) in [5.74, 6) is 0.931. The Balaban J connectivity index is 2.12. The molecule has 1 aliphatic heterocycles. The third-order valence-electron chi connectivity index (χ3n) is 3.47. The molecule has 120 valence electrons. The van der Waals surface area contributed by atoms with Crippen LogP contribution in [0.2, 0.25) is 0 Å². The van der Waals surface area contributed by atoms with Gasteiger partial charge in [0, 0.05) is 12.6 Å². The maximum absolute atomic E-state index is 13.2. The summed E-state index contributed by atoms with van der Waals surface area (Å²) < 4.78 is 39.5. The Morgan fingerprint density at radius 2 is 1.83 bits per heavy atom. The van der Waals surface area contributed by atoms with Gasteiger partial charge in [-0.15, -0.1) is 0 Å². The molecule has 1 unspecified atom stereocenters. The first-order valence-corrected chi connectivity index (χ1v) is 6.83. The maximum Gasteiger partial charge on any atom is 0.417 e. The molecule has 0 bridgehead atoms. The van der Waals surface area contributed by atoms with Crippen LogP contribution in [0.3, 0.4) is 0 Å². The third-order valence-corrected chi connectivity index (χ3v) is 3.47. The fourth-order valence-corrected chi connectivity index (χ4v) is 2.46. The van der Waals surface area contributed by atoms with Crippen LogP contribution < -0.4 is 16.4 Å². The quantitative estimate of drug-likeness (QED) is 0.754. The van der Waals surface area contributed by atoms with E-state index in [1.165, 1.54) is 18.2 Å². The van der Waals surface area contributed by atoms with Crippen molar-refractivity contribution < 1.29 is 13.2 Å². The highest BCUT2D eigenvalue weighted by atomic mass is 19.4. The van der Waals surface area contributed by atoms with E-state index in [0.717, 1.165) is 6.07 Å². The third kappa shape index (κ3) is 2.85. The Morgan fingerprint density at radius 1 is 1.09 bits per heavy atom. The molecule has 2 aromatic rings. The van der Waals surface area contributed by atoms with Crippen molar-refractivity contribution in [1.82, 2.24) is 10.3 Å². The number of alkyl halides is 3. The fourth-order valence-electron chi connectivity index (χ4n) is 2.46. The smallest absolute Gasteiger partial charge is 0.338 e. The molecule has 0 amide bonds. The number of anilines is 1. The van der Waals surface area contributed by atoms with E-state index in [9.17, 15) is 13.2 Å². The molecule has 0 saturated carbocycles. The summed E-state index contributed by atoms with van der Waals surface area (Å²) in [7, 11) is 1.59. The van der Waals surface area contributed by atoms with Crippen LogP contribution in [-0.4, -0.2) is 24.2 Å². The number of pyridine rings is 1. The van der Waals surface area contributed by atoms with Crippen molar-refractivity contribution in [3.63, 3.8) is 0 Å². The molecule has 1 aromatic heterocycles. The molecular weight excluding hydrogens is 307 g/mol.